The van der Waals surface area contributed by atoms with Crippen molar-refractivity contribution in [1.29, 1.82) is 0 Å². The first-order valence-electron chi connectivity index (χ1n) is 8.31. The number of nitrogens with zero attached hydrogens (tertiary/aromatic N) is 2. The topological polar surface area (TPSA) is 52.7 Å². The molecule has 1 N–H and O–H groups in total. The lowest BCUT2D eigenvalue weighted by atomic mass is 10.1. The molecule has 0 unspecified atom stereocenters. The molecule has 1 aliphatic rings. The van der Waals surface area contributed by atoms with E-state index in [2.05, 4.69) is 5.32 Å². The van der Waals surface area contributed by atoms with Gasteiger partial charge in [0.15, 0.2) is 0 Å². The van der Waals surface area contributed by atoms with Crippen LogP contribution in [0.2, 0.25) is 0 Å². The number of carbonyl (C=O) groups is 2. The van der Waals surface area contributed by atoms with Crippen LogP contribution in [0.5, 0.6) is 0 Å². The Morgan fingerprint density at radius 2 is 2.15 bits per heavy atom. The highest BCUT2D eigenvalue weighted by molar-refractivity contribution is 8.00. The first-order valence-corrected chi connectivity index (χ1v) is 9.36. The number of urea groups is 1. The van der Waals surface area contributed by atoms with Crippen LogP contribution in [0.1, 0.15) is 29.8 Å². The second-order valence-electron chi connectivity index (χ2n) is 6.03. The molecule has 26 heavy (non-hydrogen) atoms. The predicted molar refractivity (Wildman–Crippen MR) is 94.7 cm³/mol. The first kappa shape index (κ1) is 20.4. The van der Waals surface area contributed by atoms with Crippen molar-refractivity contribution >= 4 is 23.7 Å². The second kappa shape index (κ2) is 8.66. The van der Waals surface area contributed by atoms with Crippen LogP contribution < -0.4 is 5.32 Å². The fraction of sp³-hybridized carbons (Fsp3) is 0.529. The smallest absolute Gasteiger partial charge is 0.338 e. The van der Waals surface area contributed by atoms with E-state index in [0.717, 1.165) is 18.6 Å². The van der Waals surface area contributed by atoms with Crippen molar-refractivity contribution in [1.82, 2.24) is 15.1 Å². The highest BCUT2D eigenvalue weighted by atomic mass is 32.2. The summed E-state index contributed by atoms with van der Waals surface area (Å²) in [5, 5.41) is 2.26. The van der Waals surface area contributed by atoms with Crippen molar-refractivity contribution < 1.29 is 22.8 Å². The van der Waals surface area contributed by atoms with Crippen molar-refractivity contribution in [2.45, 2.75) is 24.9 Å². The van der Waals surface area contributed by atoms with Crippen LogP contribution in [-0.4, -0.2) is 54.2 Å². The van der Waals surface area contributed by atoms with E-state index in [9.17, 15) is 22.8 Å². The molecule has 0 saturated carbocycles. The monoisotopic (exact) mass is 389 g/mol. The van der Waals surface area contributed by atoms with Gasteiger partial charge in [0.2, 0.25) is 5.91 Å². The molecule has 9 heteroatoms. The highest BCUT2D eigenvalue weighted by Gasteiger charge is 2.35. The third-order valence-electron chi connectivity index (χ3n) is 4.02. The van der Waals surface area contributed by atoms with E-state index in [0.29, 0.717) is 18.7 Å². The van der Waals surface area contributed by atoms with Crippen molar-refractivity contribution in [2.75, 3.05) is 32.4 Å². The van der Waals surface area contributed by atoms with E-state index >= 15 is 0 Å². The van der Waals surface area contributed by atoms with Gasteiger partial charge in [0.05, 0.1) is 11.3 Å². The number of halogens is 3. The molecule has 1 aromatic rings. The molecule has 0 spiro atoms. The largest absolute Gasteiger partial charge is 0.416 e. The molecule has 0 aliphatic carbocycles. The molecule has 2 rings (SSSR count). The van der Waals surface area contributed by atoms with Crippen LogP contribution in [0.15, 0.2) is 24.3 Å². The predicted octanol–water partition coefficient (Wildman–Crippen LogP) is 3.33. The van der Waals surface area contributed by atoms with Crippen molar-refractivity contribution in [3.05, 3.63) is 35.4 Å². The van der Waals surface area contributed by atoms with Gasteiger partial charge in [-0.05, 0) is 24.1 Å². The lowest BCUT2D eigenvalue weighted by Crippen LogP contribution is -2.42. The maximum absolute atomic E-state index is 12.9. The normalized spacial score (nSPS) is 17.5. The van der Waals surface area contributed by atoms with Crippen LogP contribution in [0.3, 0.4) is 0 Å². The lowest BCUT2D eigenvalue weighted by molar-refractivity contribution is -0.137. The molecule has 1 aliphatic heterocycles. The van der Waals surface area contributed by atoms with Gasteiger partial charge < -0.3 is 15.1 Å². The number of carbonyl (C=O) groups excluding carboxylic acids is 2. The van der Waals surface area contributed by atoms with Crippen molar-refractivity contribution in [3.63, 3.8) is 0 Å². The van der Waals surface area contributed by atoms with Gasteiger partial charge in [0.25, 0.3) is 0 Å². The Kier molecular flexibility index (Phi) is 6.80. The fourth-order valence-corrected chi connectivity index (χ4v) is 3.78. The lowest BCUT2D eigenvalue weighted by Gasteiger charge is -2.27. The van der Waals surface area contributed by atoms with Crippen LogP contribution in [-0.2, 0) is 11.0 Å². The summed E-state index contributed by atoms with van der Waals surface area (Å²) in [4.78, 5) is 27.0. The van der Waals surface area contributed by atoms with Gasteiger partial charge in [-0.3, -0.25) is 4.79 Å². The summed E-state index contributed by atoms with van der Waals surface area (Å²) in [5.41, 5.74) is -0.292. The van der Waals surface area contributed by atoms with E-state index in [-0.39, 0.29) is 24.2 Å². The Bertz CT molecular complexity index is 654. The Morgan fingerprint density at radius 1 is 1.42 bits per heavy atom. The maximum Gasteiger partial charge on any atom is 0.416 e. The minimum atomic E-state index is -4.42. The third kappa shape index (κ3) is 5.06. The van der Waals surface area contributed by atoms with Crippen LogP contribution in [0, 0.1) is 0 Å². The Balaban J connectivity index is 2.06. The summed E-state index contributed by atoms with van der Waals surface area (Å²) in [6.45, 7) is 3.08. The van der Waals surface area contributed by atoms with Crippen LogP contribution in [0.4, 0.5) is 18.0 Å². The van der Waals surface area contributed by atoms with E-state index in [1.54, 1.807) is 13.1 Å². The molecule has 5 nitrogen and oxygen atoms in total. The number of likely N-dealkylation sites (N-methyl/N-ethyl adjacent to an activating group) is 1. The van der Waals surface area contributed by atoms with Crippen LogP contribution in [0.25, 0.3) is 0 Å². The fourth-order valence-electron chi connectivity index (χ4n) is 2.57. The molecular formula is C17H22F3N3O2S. The van der Waals surface area contributed by atoms with Gasteiger partial charge in [-0.2, -0.15) is 13.2 Å². The van der Waals surface area contributed by atoms with Gasteiger partial charge in [-0.1, -0.05) is 19.1 Å². The van der Waals surface area contributed by atoms with E-state index < -0.39 is 17.1 Å². The number of hydrogen-bond acceptors (Lipinski definition) is 3. The molecule has 1 fully saturated rings. The maximum atomic E-state index is 12.9. The quantitative estimate of drug-likeness (QED) is 0.812. The van der Waals surface area contributed by atoms with Gasteiger partial charge in [-0.25, -0.2) is 4.79 Å². The molecule has 3 amide bonds. The highest BCUT2D eigenvalue weighted by Crippen LogP contribution is 2.40. The minimum absolute atomic E-state index is 0.139. The standard InChI is InChI=1S/C17H22F3N3O2S/c1-3-7-21-16(25)22(2)8-9-23-14(24)11-26-15(23)12-5-4-6-13(10-12)17(18,19)20/h4-6,10,15H,3,7-9,11H2,1-2H3,(H,21,25)/t15-/m1/s1. The molecule has 1 saturated heterocycles. The number of benzene rings is 1. The van der Waals surface area contributed by atoms with E-state index in [4.69, 9.17) is 0 Å². The zero-order chi connectivity index (χ0) is 19.3. The molecule has 0 aromatic heterocycles. The summed E-state index contributed by atoms with van der Waals surface area (Å²) in [5.74, 6) is 0.0758. The molecule has 1 atom stereocenters. The molecule has 1 heterocycles. The molecular weight excluding hydrogens is 367 g/mol. The van der Waals surface area contributed by atoms with Gasteiger partial charge in [-0.15, -0.1) is 11.8 Å². The summed E-state index contributed by atoms with van der Waals surface area (Å²) < 4.78 is 38.8. The number of amides is 3. The van der Waals surface area contributed by atoms with Gasteiger partial charge in [0, 0.05) is 26.7 Å². The Morgan fingerprint density at radius 3 is 2.81 bits per heavy atom. The number of hydrogen-bond donors (Lipinski definition) is 1. The van der Waals surface area contributed by atoms with Gasteiger partial charge in [0.1, 0.15) is 5.37 Å². The Hall–Kier alpha value is -1.90. The molecule has 0 bridgehead atoms. The summed E-state index contributed by atoms with van der Waals surface area (Å²) in [7, 11) is 1.62. The number of rotatable bonds is 6. The summed E-state index contributed by atoms with van der Waals surface area (Å²) in [6, 6.07) is 4.81. The first-order chi connectivity index (χ1) is 12.2. The minimum Gasteiger partial charge on any atom is -0.338 e. The third-order valence-corrected chi connectivity index (χ3v) is 5.27. The van der Waals surface area contributed by atoms with E-state index in [1.807, 2.05) is 6.92 Å². The van der Waals surface area contributed by atoms with Crippen molar-refractivity contribution in [2.24, 2.45) is 0 Å². The number of nitrogens with one attached hydrogen (secondary N) is 1. The van der Waals surface area contributed by atoms with E-state index in [1.165, 1.54) is 27.6 Å². The molecule has 144 valence electrons. The summed E-state index contributed by atoms with van der Waals surface area (Å²) in [6.07, 6.45) is -3.61. The zero-order valence-corrected chi connectivity index (χ0v) is 15.5. The summed E-state index contributed by atoms with van der Waals surface area (Å²) >= 11 is 1.29. The second-order valence-corrected chi connectivity index (χ2v) is 7.10. The van der Waals surface area contributed by atoms with Crippen LogP contribution >= 0.6 is 11.8 Å². The average Bonchev–Trinajstić information content (AvgIpc) is 2.97. The van der Waals surface area contributed by atoms with Crippen molar-refractivity contribution in [3.8, 4) is 0 Å². The number of alkyl halides is 3. The SMILES string of the molecule is CCCNC(=O)N(C)CCN1C(=O)CS[C@@H]1c1cccc(C(F)(F)F)c1. The number of thioether (sulfide) groups is 1. The van der Waals surface area contributed by atoms with Gasteiger partial charge >= 0.3 is 12.2 Å². The zero-order valence-electron chi connectivity index (χ0n) is 14.7. The molecule has 0 radical (unpaired) electrons. The average molecular weight is 389 g/mol. The Labute approximate surface area is 154 Å². The molecule has 1 aromatic carbocycles.